The number of benzene rings is 1. The van der Waals surface area contributed by atoms with Crippen molar-refractivity contribution in [3.05, 3.63) is 52.3 Å². The van der Waals surface area contributed by atoms with Gasteiger partial charge in [-0.3, -0.25) is 4.79 Å². The molecule has 0 unspecified atom stereocenters. The van der Waals surface area contributed by atoms with Crippen LogP contribution in [0.3, 0.4) is 0 Å². The van der Waals surface area contributed by atoms with Gasteiger partial charge in [0.25, 0.3) is 5.91 Å². The van der Waals surface area contributed by atoms with E-state index in [-0.39, 0.29) is 5.91 Å². The Morgan fingerprint density at radius 3 is 2.48 bits per heavy atom. The van der Waals surface area contributed by atoms with Gasteiger partial charge in [-0.05, 0) is 50.2 Å². The summed E-state index contributed by atoms with van der Waals surface area (Å²) in [5.41, 5.74) is 4.08. The molecule has 2 aromatic rings. The first-order valence-corrected chi connectivity index (χ1v) is 8.79. The highest BCUT2D eigenvalue weighted by molar-refractivity contribution is 6.34. The molecule has 1 N–H and O–H groups in total. The highest BCUT2D eigenvalue weighted by atomic mass is 35.5. The Balaban J connectivity index is 1.71. The molecule has 0 radical (unpaired) electrons. The number of rotatable bonds is 3. The predicted octanol–water partition coefficient (Wildman–Crippen LogP) is 3.36. The maximum Gasteiger partial charge on any atom is 0.274 e. The summed E-state index contributed by atoms with van der Waals surface area (Å²) in [5.74, 6) is -0.251. The zero-order chi connectivity index (χ0) is 18.0. The Kier molecular flexibility index (Phi) is 5.25. The summed E-state index contributed by atoms with van der Waals surface area (Å²) in [7, 11) is 2.13. The number of aryl methyl sites for hydroxylation is 2. The average Bonchev–Trinajstić information content (AvgIpc) is 2.59. The lowest BCUT2D eigenvalue weighted by atomic mass is 10.1. The van der Waals surface area contributed by atoms with E-state index in [2.05, 4.69) is 27.1 Å². The van der Waals surface area contributed by atoms with E-state index in [1.807, 2.05) is 32.0 Å². The molecule has 1 aliphatic heterocycles. The van der Waals surface area contributed by atoms with Gasteiger partial charge < -0.3 is 15.1 Å². The Morgan fingerprint density at radius 2 is 1.88 bits per heavy atom. The fourth-order valence-electron chi connectivity index (χ4n) is 3.02. The highest BCUT2D eigenvalue weighted by Crippen LogP contribution is 2.27. The van der Waals surface area contributed by atoms with Gasteiger partial charge in [-0.25, -0.2) is 4.98 Å². The van der Waals surface area contributed by atoms with Gasteiger partial charge in [0.1, 0.15) is 5.69 Å². The molecule has 1 amide bonds. The van der Waals surface area contributed by atoms with Crippen molar-refractivity contribution < 1.29 is 4.79 Å². The monoisotopic (exact) mass is 358 g/mol. The van der Waals surface area contributed by atoms with Crippen LogP contribution in [0.1, 0.15) is 21.6 Å². The number of carbonyl (C=O) groups excluding carboxylic acids is 1. The second-order valence-corrected chi connectivity index (χ2v) is 6.99. The smallest absolute Gasteiger partial charge is 0.274 e. The van der Waals surface area contributed by atoms with E-state index >= 15 is 0 Å². The maximum absolute atomic E-state index is 12.5. The molecular weight excluding hydrogens is 336 g/mol. The highest BCUT2D eigenvalue weighted by Gasteiger charge is 2.16. The van der Waals surface area contributed by atoms with Gasteiger partial charge in [-0.15, -0.1) is 0 Å². The van der Waals surface area contributed by atoms with E-state index in [0.717, 1.165) is 43.0 Å². The molecule has 0 bridgehead atoms. The molecule has 1 aromatic heterocycles. The standard InChI is InChI=1S/C19H23ClN4O/c1-13-10-14(2)18(16(20)11-13)22-19(25)17-5-4-15(12-21-17)24-8-6-23(3)7-9-24/h4-5,10-12H,6-9H2,1-3H3,(H,22,25). The van der Waals surface area contributed by atoms with Crippen molar-refractivity contribution in [3.8, 4) is 0 Å². The number of anilines is 2. The van der Waals surface area contributed by atoms with Crippen LogP contribution in [-0.4, -0.2) is 49.0 Å². The van der Waals surface area contributed by atoms with Crippen molar-refractivity contribution in [2.75, 3.05) is 43.4 Å². The molecule has 5 nitrogen and oxygen atoms in total. The Labute approximate surface area is 153 Å². The molecule has 1 aromatic carbocycles. The predicted molar refractivity (Wildman–Crippen MR) is 103 cm³/mol. The van der Waals surface area contributed by atoms with Crippen LogP contribution in [0.2, 0.25) is 5.02 Å². The van der Waals surface area contributed by atoms with Crippen molar-refractivity contribution in [1.82, 2.24) is 9.88 Å². The normalized spacial score (nSPS) is 15.3. The minimum Gasteiger partial charge on any atom is -0.368 e. The number of nitrogens with zero attached hydrogens (tertiary/aromatic N) is 3. The summed E-state index contributed by atoms with van der Waals surface area (Å²) in [6, 6.07) is 7.55. The van der Waals surface area contributed by atoms with Crippen LogP contribution in [0.4, 0.5) is 11.4 Å². The first kappa shape index (κ1) is 17.7. The van der Waals surface area contributed by atoms with Crippen LogP contribution in [0.15, 0.2) is 30.5 Å². The van der Waals surface area contributed by atoms with Crippen molar-refractivity contribution in [3.63, 3.8) is 0 Å². The second-order valence-electron chi connectivity index (χ2n) is 6.58. The Hall–Kier alpha value is -2.11. The van der Waals surface area contributed by atoms with Crippen LogP contribution in [0.5, 0.6) is 0 Å². The molecule has 0 aliphatic carbocycles. The third-order valence-electron chi connectivity index (χ3n) is 4.52. The summed E-state index contributed by atoms with van der Waals surface area (Å²) in [6.07, 6.45) is 1.77. The van der Waals surface area contributed by atoms with Crippen molar-refractivity contribution in [2.24, 2.45) is 0 Å². The van der Waals surface area contributed by atoms with Crippen LogP contribution in [0, 0.1) is 13.8 Å². The molecule has 0 saturated carbocycles. The van der Waals surface area contributed by atoms with E-state index in [9.17, 15) is 4.79 Å². The van der Waals surface area contributed by atoms with Gasteiger partial charge >= 0.3 is 0 Å². The molecule has 3 rings (SSSR count). The van der Waals surface area contributed by atoms with Crippen LogP contribution >= 0.6 is 11.6 Å². The van der Waals surface area contributed by atoms with Crippen LogP contribution < -0.4 is 10.2 Å². The second kappa shape index (κ2) is 7.42. The van der Waals surface area contributed by atoms with Gasteiger partial charge in [-0.2, -0.15) is 0 Å². The quantitative estimate of drug-likeness (QED) is 0.914. The zero-order valence-electron chi connectivity index (χ0n) is 14.8. The first-order chi connectivity index (χ1) is 11.9. The molecule has 1 fully saturated rings. The number of amides is 1. The maximum atomic E-state index is 12.5. The van der Waals surface area contributed by atoms with E-state index in [4.69, 9.17) is 11.6 Å². The number of halogens is 1. The summed E-state index contributed by atoms with van der Waals surface area (Å²) in [5, 5.41) is 3.41. The van der Waals surface area contributed by atoms with Gasteiger partial charge in [0, 0.05) is 26.2 Å². The topological polar surface area (TPSA) is 48.5 Å². The number of hydrogen-bond donors (Lipinski definition) is 1. The number of nitrogens with one attached hydrogen (secondary N) is 1. The number of piperazine rings is 1. The van der Waals surface area contributed by atoms with E-state index in [0.29, 0.717) is 16.4 Å². The fourth-order valence-corrected chi connectivity index (χ4v) is 3.39. The van der Waals surface area contributed by atoms with Gasteiger partial charge in [-0.1, -0.05) is 17.7 Å². The average molecular weight is 359 g/mol. The van der Waals surface area contributed by atoms with Gasteiger partial charge in [0.05, 0.1) is 22.6 Å². The number of hydrogen-bond acceptors (Lipinski definition) is 4. The Bertz CT molecular complexity index is 744. The summed E-state index contributed by atoms with van der Waals surface area (Å²) in [6.45, 7) is 7.92. The number of carbonyl (C=O) groups is 1. The molecule has 132 valence electrons. The molecule has 0 atom stereocenters. The summed E-state index contributed by atoms with van der Waals surface area (Å²) >= 11 is 6.26. The van der Waals surface area contributed by atoms with Crippen molar-refractivity contribution in [2.45, 2.75) is 13.8 Å². The molecule has 1 aliphatic rings. The largest absolute Gasteiger partial charge is 0.368 e. The fraction of sp³-hybridized carbons (Fsp3) is 0.368. The molecule has 2 heterocycles. The van der Waals surface area contributed by atoms with Crippen LogP contribution in [-0.2, 0) is 0 Å². The minimum atomic E-state index is -0.251. The molecule has 6 heteroatoms. The number of aromatic nitrogens is 1. The lowest BCUT2D eigenvalue weighted by Gasteiger charge is -2.33. The summed E-state index contributed by atoms with van der Waals surface area (Å²) in [4.78, 5) is 21.4. The SMILES string of the molecule is Cc1cc(C)c(NC(=O)c2ccc(N3CCN(C)CC3)cn2)c(Cl)c1. The molecule has 0 spiro atoms. The third-order valence-corrected chi connectivity index (χ3v) is 4.82. The zero-order valence-corrected chi connectivity index (χ0v) is 15.6. The first-order valence-electron chi connectivity index (χ1n) is 8.41. The molecule has 1 saturated heterocycles. The lowest BCUT2D eigenvalue weighted by molar-refractivity contribution is 0.102. The Morgan fingerprint density at radius 1 is 1.16 bits per heavy atom. The van der Waals surface area contributed by atoms with Crippen molar-refractivity contribution >= 4 is 28.9 Å². The minimum absolute atomic E-state index is 0.251. The van der Waals surface area contributed by atoms with Crippen molar-refractivity contribution in [1.29, 1.82) is 0 Å². The van der Waals surface area contributed by atoms with E-state index in [1.54, 1.807) is 12.3 Å². The van der Waals surface area contributed by atoms with Gasteiger partial charge in [0.2, 0.25) is 0 Å². The summed E-state index contributed by atoms with van der Waals surface area (Å²) < 4.78 is 0. The van der Waals surface area contributed by atoms with E-state index in [1.165, 1.54) is 0 Å². The van der Waals surface area contributed by atoms with Gasteiger partial charge in [0.15, 0.2) is 0 Å². The molecular formula is C19H23ClN4O. The van der Waals surface area contributed by atoms with E-state index < -0.39 is 0 Å². The third kappa shape index (κ3) is 4.11. The molecule has 25 heavy (non-hydrogen) atoms. The number of likely N-dealkylation sites (N-methyl/N-ethyl adjacent to an activating group) is 1. The van der Waals surface area contributed by atoms with Crippen LogP contribution in [0.25, 0.3) is 0 Å². The lowest BCUT2D eigenvalue weighted by Crippen LogP contribution is -2.44. The number of pyridine rings is 1.